The summed E-state index contributed by atoms with van der Waals surface area (Å²) in [6.45, 7) is 2.30. The Morgan fingerprint density at radius 2 is 2.05 bits per heavy atom. The van der Waals surface area contributed by atoms with E-state index < -0.39 is 11.9 Å². The molecule has 0 atom stereocenters. The Morgan fingerprint density at radius 3 is 2.62 bits per heavy atom. The molecule has 0 aliphatic heterocycles. The lowest BCUT2D eigenvalue weighted by Gasteiger charge is -2.07. The fourth-order valence-corrected chi connectivity index (χ4v) is 1.40. The molecule has 0 amide bonds. The Morgan fingerprint density at radius 1 is 1.29 bits per heavy atom. The number of halogens is 3. The molecule has 0 saturated heterocycles. The lowest BCUT2D eigenvalue weighted by molar-refractivity contribution is -0.141. The van der Waals surface area contributed by atoms with Crippen molar-refractivity contribution in [1.29, 1.82) is 0 Å². The van der Waals surface area contributed by atoms with Crippen LogP contribution in [0.1, 0.15) is 19.0 Å². The smallest absolute Gasteiger partial charge is 0.435 e. The van der Waals surface area contributed by atoms with Crippen LogP contribution in [0, 0.1) is 0 Å². The average Bonchev–Trinajstić information content (AvgIpc) is 2.94. The van der Waals surface area contributed by atoms with Crippen LogP contribution in [0.25, 0.3) is 5.95 Å². The van der Waals surface area contributed by atoms with Gasteiger partial charge in [0.05, 0.1) is 6.61 Å². The molecule has 0 spiro atoms. The molecule has 2 aromatic heterocycles. The van der Waals surface area contributed by atoms with Gasteiger partial charge < -0.3 is 10.1 Å². The summed E-state index contributed by atoms with van der Waals surface area (Å²) in [7, 11) is 1.58. The molecule has 1 N–H and O–H groups in total. The van der Waals surface area contributed by atoms with Gasteiger partial charge in [0.2, 0.25) is 5.95 Å². The van der Waals surface area contributed by atoms with Gasteiger partial charge in [-0.1, -0.05) is 6.92 Å². The second-order valence-electron chi connectivity index (χ2n) is 3.98. The summed E-state index contributed by atoms with van der Waals surface area (Å²) in [5.74, 6) is 0.117. The highest BCUT2D eigenvalue weighted by Gasteiger charge is 2.33. The number of hydrogen-bond donors (Lipinski definition) is 1. The van der Waals surface area contributed by atoms with E-state index in [2.05, 4.69) is 25.4 Å². The number of nitrogens with one attached hydrogen (secondary N) is 1. The molecule has 0 unspecified atom stereocenters. The Balaban J connectivity index is 2.36. The molecule has 2 aromatic rings. The minimum atomic E-state index is -4.52. The maximum atomic E-state index is 12.5. The van der Waals surface area contributed by atoms with Gasteiger partial charge in [0, 0.05) is 13.2 Å². The largest absolute Gasteiger partial charge is 0.463 e. The summed E-state index contributed by atoms with van der Waals surface area (Å²) < 4.78 is 43.8. The van der Waals surface area contributed by atoms with E-state index in [1.54, 1.807) is 7.05 Å². The zero-order valence-electron chi connectivity index (χ0n) is 11.3. The SMILES string of the molecule is CCCOc1nc(NC)nc(-n2ccc(C(F)(F)F)n2)n1. The molecule has 2 heterocycles. The predicted molar refractivity (Wildman–Crippen MR) is 67.3 cm³/mol. The van der Waals surface area contributed by atoms with Crippen LogP contribution in [-0.4, -0.2) is 38.4 Å². The van der Waals surface area contributed by atoms with Gasteiger partial charge in [-0.05, 0) is 12.5 Å². The predicted octanol–water partition coefficient (Wildman–Crippen LogP) is 1.91. The van der Waals surface area contributed by atoms with Crippen LogP contribution in [0.4, 0.5) is 19.1 Å². The molecule has 0 aliphatic carbocycles. The van der Waals surface area contributed by atoms with Crippen LogP contribution in [0.2, 0.25) is 0 Å². The van der Waals surface area contributed by atoms with E-state index >= 15 is 0 Å². The first-order chi connectivity index (χ1) is 9.94. The summed E-state index contributed by atoms with van der Waals surface area (Å²) in [6, 6.07) is 0.866. The average molecular weight is 302 g/mol. The van der Waals surface area contributed by atoms with Crippen molar-refractivity contribution in [2.24, 2.45) is 0 Å². The van der Waals surface area contributed by atoms with Crippen molar-refractivity contribution in [3.05, 3.63) is 18.0 Å². The number of rotatable bonds is 5. The van der Waals surface area contributed by atoms with Crippen LogP contribution >= 0.6 is 0 Å². The van der Waals surface area contributed by atoms with Gasteiger partial charge in [0.25, 0.3) is 5.95 Å². The van der Waals surface area contributed by atoms with Gasteiger partial charge in [-0.25, -0.2) is 4.68 Å². The van der Waals surface area contributed by atoms with Crippen molar-refractivity contribution < 1.29 is 17.9 Å². The molecule has 0 aromatic carbocycles. The quantitative estimate of drug-likeness (QED) is 0.909. The van der Waals surface area contributed by atoms with Crippen LogP contribution in [0.5, 0.6) is 6.01 Å². The number of ether oxygens (including phenoxy) is 1. The van der Waals surface area contributed by atoms with E-state index in [0.717, 1.165) is 23.4 Å². The van der Waals surface area contributed by atoms with E-state index in [1.807, 2.05) is 6.92 Å². The topological polar surface area (TPSA) is 77.8 Å². The van der Waals surface area contributed by atoms with Crippen LogP contribution < -0.4 is 10.1 Å². The molecule has 21 heavy (non-hydrogen) atoms. The third-order valence-electron chi connectivity index (χ3n) is 2.35. The zero-order chi connectivity index (χ0) is 15.5. The Kier molecular flexibility index (Phi) is 4.24. The second-order valence-corrected chi connectivity index (χ2v) is 3.98. The van der Waals surface area contributed by atoms with Crippen molar-refractivity contribution >= 4 is 5.95 Å². The first kappa shape index (κ1) is 15.0. The lowest BCUT2D eigenvalue weighted by Crippen LogP contribution is -2.11. The molecule has 0 aliphatic rings. The molecule has 0 saturated carbocycles. The third kappa shape index (κ3) is 3.58. The van der Waals surface area contributed by atoms with E-state index in [4.69, 9.17) is 4.74 Å². The summed E-state index contributed by atoms with van der Waals surface area (Å²) in [5, 5.41) is 6.09. The molecule has 7 nitrogen and oxygen atoms in total. The normalized spacial score (nSPS) is 11.5. The molecule has 0 radical (unpaired) electrons. The van der Waals surface area contributed by atoms with Crippen LogP contribution in [-0.2, 0) is 6.18 Å². The third-order valence-corrected chi connectivity index (χ3v) is 2.35. The van der Waals surface area contributed by atoms with Gasteiger partial charge in [-0.15, -0.1) is 0 Å². The maximum absolute atomic E-state index is 12.5. The Labute approximate surface area is 118 Å². The summed E-state index contributed by atoms with van der Waals surface area (Å²) in [5.41, 5.74) is -1.02. The number of aromatic nitrogens is 5. The van der Waals surface area contributed by atoms with Gasteiger partial charge in [-0.3, -0.25) is 0 Å². The van der Waals surface area contributed by atoms with E-state index in [1.165, 1.54) is 0 Å². The maximum Gasteiger partial charge on any atom is 0.435 e. The van der Waals surface area contributed by atoms with E-state index in [-0.39, 0.29) is 17.9 Å². The van der Waals surface area contributed by atoms with Gasteiger partial charge in [0.1, 0.15) is 0 Å². The monoisotopic (exact) mass is 302 g/mol. The minimum Gasteiger partial charge on any atom is -0.463 e. The zero-order valence-corrected chi connectivity index (χ0v) is 11.3. The summed E-state index contributed by atoms with van der Waals surface area (Å²) in [4.78, 5) is 11.8. The fraction of sp³-hybridized carbons (Fsp3) is 0.455. The minimum absolute atomic E-state index is 0.0234. The second kappa shape index (κ2) is 5.94. The Bertz CT molecular complexity index is 612. The van der Waals surface area contributed by atoms with Gasteiger partial charge in [0.15, 0.2) is 5.69 Å². The van der Waals surface area contributed by atoms with Gasteiger partial charge in [-0.2, -0.15) is 33.2 Å². The standard InChI is InChI=1S/C11H13F3N6O/c1-3-6-21-10-17-8(15-2)16-9(18-10)20-5-4-7(19-20)11(12,13)14/h4-5H,3,6H2,1-2H3,(H,15,16,17,18). The van der Waals surface area contributed by atoms with Crippen molar-refractivity contribution in [3.8, 4) is 12.0 Å². The molecule has 114 valence electrons. The highest BCUT2D eigenvalue weighted by Crippen LogP contribution is 2.27. The van der Waals surface area contributed by atoms with Crippen molar-refractivity contribution in [2.75, 3.05) is 19.0 Å². The lowest BCUT2D eigenvalue weighted by atomic mass is 10.4. The Hall–Kier alpha value is -2.39. The van der Waals surface area contributed by atoms with E-state index in [9.17, 15) is 13.2 Å². The first-order valence-electron chi connectivity index (χ1n) is 6.14. The van der Waals surface area contributed by atoms with Crippen LogP contribution in [0.15, 0.2) is 12.3 Å². The molecule has 0 fully saturated rings. The number of anilines is 1. The number of nitrogens with zero attached hydrogens (tertiary/aromatic N) is 5. The summed E-state index contributed by atoms with van der Waals surface area (Å²) >= 11 is 0. The molecular weight excluding hydrogens is 289 g/mol. The van der Waals surface area contributed by atoms with Crippen molar-refractivity contribution in [2.45, 2.75) is 19.5 Å². The van der Waals surface area contributed by atoms with Crippen LogP contribution in [0.3, 0.4) is 0 Å². The van der Waals surface area contributed by atoms with Crippen molar-refractivity contribution in [1.82, 2.24) is 24.7 Å². The molecule has 2 rings (SSSR count). The number of hydrogen-bond acceptors (Lipinski definition) is 6. The first-order valence-corrected chi connectivity index (χ1v) is 6.14. The molecule has 10 heteroatoms. The number of alkyl halides is 3. The highest BCUT2D eigenvalue weighted by atomic mass is 19.4. The highest BCUT2D eigenvalue weighted by molar-refractivity contribution is 5.29. The van der Waals surface area contributed by atoms with Crippen molar-refractivity contribution in [3.63, 3.8) is 0 Å². The fourth-order valence-electron chi connectivity index (χ4n) is 1.40. The molecule has 0 bridgehead atoms. The van der Waals surface area contributed by atoms with E-state index in [0.29, 0.717) is 6.61 Å². The van der Waals surface area contributed by atoms with Gasteiger partial charge >= 0.3 is 12.2 Å². The molecular formula is C11H13F3N6O. The summed E-state index contributed by atoms with van der Waals surface area (Å²) in [6.07, 6.45) is -2.65.